The molecule has 0 aromatic heterocycles. The third-order valence-electron chi connectivity index (χ3n) is 4.23. The fourth-order valence-electron chi connectivity index (χ4n) is 2.71. The van der Waals surface area contributed by atoms with Crippen LogP contribution in [0.3, 0.4) is 0 Å². The van der Waals surface area contributed by atoms with Crippen LogP contribution in [0.15, 0.2) is 23.3 Å². The molecule has 3 rings (SSSR count). The lowest BCUT2D eigenvalue weighted by Gasteiger charge is -2.25. The van der Waals surface area contributed by atoms with Crippen molar-refractivity contribution in [2.24, 2.45) is 5.10 Å². The van der Waals surface area contributed by atoms with Crippen molar-refractivity contribution in [2.45, 2.75) is 38.3 Å². The van der Waals surface area contributed by atoms with E-state index in [4.69, 9.17) is 9.47 Å². The summed E-state index contributed by atoms with van der Waals surface area (Å²) in [5.41, 5.74) is 3.72. The van der Waals surface area contributed by atoms with Crippen molar-refractivity contribution in [1.29, 1.82) is 0 Å². The Kier molecular flexibility index (Phi) is 4.69. The zero-order valence-electron chi connectivity index (χ0n) is 13.9. The molecule has 1 N–H and O–H groups in total. The van der Waals surface area contributed by atoms with Crippen LogP contribution >= 0.6 is 0 Å². The SMILES string of the molecule is COc1ccc(CN(C(=O)C2=NNC(=O)CC2)C2CC2)c(OC)c1. The Morgan fingerprint density at radius 1 is 1.29 bits per heavy atom. The van der Waals surface area contributed by atoms with Crippen molar-refractivity contribution in [3.8, 4) is 11.5 Å². The normalized spacial score (nSPS) is 16.9. The van der Waals surface area contributed by atoms with Crippen molar-refractivity contribution in [3.63, 3.8) is 0 Å². The molecule has 1 aliphatic carbocycles. The van der Waals surface area contributed by atoms with Crippen molar-refractivity contribution < 1.29 is 19.1 Å². The first kappa shape index (κ1) is 16.3. The van der Waals surface area contributed by atoms with Gasteiger partial charge >= 0.3 is 0 Å². The highest BCUT2D eigenvalue weighted by Gasteiger charge is 2.35. The van der Waals surface area contributed by atoms with Gasteiger partial charge in [-0.2, -0.15) is 5.10 Å². The van der Waals surface area contributed by atoms with Gasteiger partial charge in [-0.05, 0) is 25.0 Å². The second kappa shape index (κ2) is 6.90. The van der Waals surface area contributed by atoms with Crippen LogP contribution in [0, 0.1) is 0 Å². The van der Waals surface area contributed by atoms with E-state index in [0.717, 1.165) is 18.4 Å². The van der Waals surface area contributed by atoms with Crippen LogP contribution in [-0.4, -0.2) is 42.7 Å². The highest BCUT2D eigenvalue weighted by atomic mass is 16.5. The van der Waals surface area contributed by atoms with Crippen LogP contribution in [0.1, 0.15) is 31.2 Å². The number of carbonyl (C=O) groups excluding carboxylic acids is 2. The Balaban J connectivity index is 1.80. The number of hydrogen-bond donors (Lipinski definition) is 1. The molecule has 7 nitrogen and oxygen atoms in total. The van der Waals surface area contributed by atoms with Gasteiger partial charge in [0.1, 0.15) is 17.2 Å². The molecule has 0 bridgehead atoms. The third-order valence-corrected chi connectivity index (χ3v) is 4.23. The standard InChI is InChI=1S/C17H21N3O4/c1-23-13-6-3-11(15(9-13)24-2)10-20(12-4-5-12)17(22)14-7-8-16(21)19-18-14/h3,6,9,12H,4-5,7-8,10H2,1-2H3,(H,19,21). The van der Waals surface area contributed by atoms with E-state index in [0.29, 0.717) is 36.6 Å². The molecule has 1 heterocycles. The molecule has 128 valence electrons. The number of hydrogen-bond acceptors (Lipinski definition) is 5. The molecule has 1 fully saturated rings. The van der Waals surface area contributed by atoms with Crippen LogP contribution in [0.4, 0.5) is 0 Å². The van der Waals surface area contributed by atoms with Crippen molar-refractivity contribution in [1.82, 2.24) is 10.3 Å². The minimum absolute atomic E-state index is 0.115. The first-order valence-electron chi connectivity index (χ1n) is 7.99. The predicted molar refractivity (Wildman–Crippen MR) is 87.9 cm³/mol. The van der Waals surface area contributed by atoms with Gasteiger partial charge in [0.05, 0.1) is 14.2 Å². The number of carbonyl (C=O) groups is 2. The second-order valence-electron chi connectivity index (χ2n) is 5.94. The molecule has 0 radical (unpaired) electrons. The van der Waals surface area contributed by atoms with Gasteiger partial charge in [0.15, 0.2) is 0 Å². The minimum atomic E-state index is -0.152. The Labute approximate surface area is 140 Å². The highest BCUT2D eigenvalue weighted by molar-refractivity contribution is 6.39. The molecule has 0 spiro atoms. The highest BCUT2D eigenvalue weighted by Crippen LogP contribution is 2.32. The van der Waals surface area contributed by atoms with Gasteiger partial charge in [-0.1, -0.05) is 0 Å². The number of hydrazone groups is 1. The maximum atomic E-state index is 12.8. The summed E-state index contributed by atoms with van der Waals surface area (Å²) in [4.78, 5) is 25.8. The van der Waals surface area contributed by atoms with E-state index in [1.165, 1.54) is 0 Å². The Bertz CT molecular complexity index is 682. The zero-order chi connectivity index (χ0) is 17.1. The van der Waals surface area contributed by atoms with E-state index >= 15 is 0 Å². The number of rotatable bonds is 6. The van der Waals surface area contributed by atoms with E-state index in [-0.39, 0.29) is 17.9 Å². The van der Waals surface area contributed by atoms with Gasteiger partial charge < -0.3 is 14.4 Å². The van der Waals surface area contributed by atoms with Gasteiger partial charge in [0.25, 0.3) is 5.91 Å². The summed E-state index contributed by atoms with van der Waals surface area (Å²) in [7, 11) is 3.20. The largest absolute Gasteiger partial charge is 0.497 e. The number of methoxy groups -OCH3 is 2. The molecule has 24 heavy (non-hydrogen) atoms. The summed E-state index contributed by atoms with van der Waals surface area (Å²) in [5.74, 6) is 1.13. The van der Waals surface area contributed by atoms with Gasteiger partial charge in [-0.25, -0.2) is 5.43 Å². The fraction of sp³-hybridized carbons (Fsp3) is 0.471. The van der Waals surface area contributed by atoms with Gasteiger partial charge in [0.2, 0.25) is 5.91 Å². The molecule has 0 saturated heterocycles. The first-order chi connectivity index (χ1) is 11.6. The van der Waals surface area contributed by atoms with Crippen LogP contribution < -0.4 is 14.9 Å². The van der Waals surface area contributed by atoms with Crippen LogP contribution in [0.25, 0.3) is 0 Å². The smallest absolute Gasteiger partial charge is 0.270 e. The molecular formula is C17H21N3O4. The number of nitrogens with zero attached hydrogens (tertiary/aromatic N) is 2. The molecule has 2 aliphatic rings. The van der Waals surface area contributed by atoms with E-state index in [2.05, 4.69) is 10.5 Å². The molecule has 0 unspecified atom stereocenters. The molecule has 2 amide bonds. The molecular weight excluding hydrogens is 310 g/mol. The quantitative estimate of drug-likeness (QED) is 0.856. The van der Waals surface area contributed by atoms with E-state index < -0.39 is 0 Å². The van der Waals surface area contributed by atoms with Crippen molar-refractivity contribution in [3.05, 3.63) is 23.8 Å². The van der Waals surface area contributed by atoms with Gasteiger partial charge in [-0.3, -0.25) is 9.59 Å². The Hall–Kier alpha value is -2.57. The van der Waals surface area contributed by atoms with E-state index in [9.17, 15) is 9.59 Å². The lowest BCUT2D eigenvalue weighted by Crippen LogP contribution is -2.41. The molecule has 1 saturated carbocycles. The lowest BCUT2D eigenvalue weighted by atomic mass is 10.1. The minimum Gasteiger partial charge on any atom is -0.497 e. The van der Waals surface area contributed by atoms with Crippen molar-refractivity contribution in [2.75, 3.05) is 14.2 Å². The van der Waals surface area contributed by atoms with Crippen molar-refractivity contribution >= 4 is 17.5 Å². The number of ether oxygens (including phenoxy) is 2. The maximum absolute atomic E-state index is 12.8. The van der Waals surface area contributed by atoms with Gasteiger partial charge in [-0.15, -0.1) is 0 Å². The molecule has 1 aromatic rings. The summed E-state index contributed by atoms with van der Waals surface area (Å²) in [5, 5.41) is 3.93. The summed E-state index contributed by atoms with van der Waals surface area (Å²) >= 11 is 0. The predicted octanol–water partition coefficient (Wildman–Crippen LogP) is 1.46. The molecule has 1 aromatic carbocycles. The number of benzene rings is 1. The summed E-state index contributed by atoms with van der Waals surface area (Å²) < 4.78 is 10.6. The maximum Gasteiger partial charge on any atom is 0.270 e. The number of amides is 2. The first-order valence-corrected chi connectivity index (χ1v) is 7.99. The molecule has 1 aliphatic heterocycles. The fourth-order valence-corrected chi connectivity index (χ4v) is 2.71. The number of nitrogens with one attached hydrogen (secondary N) is 1. The average Bonchev–Trinajstić information content (AvgIpc) is 3.44. The van der Waals surface area contributed by atoms with Crippen LogP contribution in [-0.2, 0) is 16.1 Å². The van der Waals surface area contributed by atoms with Gasteiger partial charge in [0, 0.05) is 37.1 Å². The third kappa shape index (κ3) is 3.50. The monoisotopic (exact) mass is 331 g/mol. The molecule has 7 heteroatoms. The second-order valence-corrected chi connectivity index (χ2v) is 5.94. The lowest BCUT2D eigenvalue weighted by molar-refractivity contribution is -0.125. The summed E-state index contributed by atoms with van der Waals surface area (Å²) in [6.45, 7) is 0.448. The topological polar surface area (TPSA) is 80.2 Å². The average molecular weight is 331 g/mol. The molecule has 0 atom stereocenters. The Morgan fingerprint density at radius 2 is 2.08 bits per heavy atom. The summed E-state index contributed by atoms with van der Waals surface area (Å²) in [6, 6.07) is 5.80. The van der Waals surface area contributed by atoms with E-state index in [1.54, 1.807) is 14.2 Å². The summed E-state index contributed by atoms with van der Waals surface area (Å²) in [6.07, 6.45) is 2.66. The van der Waals surface area contributed by atoms with Crippen LogP contribution in [0.2, 0.25) is 0 Å². The van der Waals surface area contributed by atoms with Crippen LogP contribution in [0.5, 0.6) is 11.5 Å². The Morgan fingerprint density at radius 3 is 2.67 bits per heavy atom. The zero-order valence-corrected chi connectivity index (χ0v) is 13.9. The van der Waals surface area contributed by atoms with E-state index in [1.807, 2.05) is 23.1 Å².